The Balaban J connectivity index is 1.86. The highest BCUT2D eigenvalue weighted by Gasteiger charge is 2.11. The first-order chi connectivity index (χ1) is 9.16. The molecule has 2 N–H and O–H groups in total. The fraction of sp³-hybridized carbons (Fsp3) is 0.385. The van der Waals surface area contributed by atoms with Gasteiger partial charge in [0.1, 0.15) is 10.7 Å². The monoisotopic (exact) mass is 296 g/mol. The van der Waals surface area contributed by atoms with Crippen LogP contribution in [0.4, 0.5) is 0 Å². The maximum atomic E-state index is 11.8. The Morgan fingerprint density at radius 2 is 2.37 bits per heavy atom. The van der Waals surface area contributed by atoms with Crippen LogP contribution in [-0.2, 0) is 0 Å². The number of amides is 1. The van der Waals surface area contributed by atoms with E-state index >= 15 is 0 Å². The molecule has 0 aliphatic carbocycles. The van der Waals surface area contributed by atoms with Crippen LogP contribution in [-0.4, -0.2) is 28.6 Å². The Bertz CT molecular complexity index is 520. The van der Waals surface area contributed by atoms with E-state index in [4.69, 9.17) is 5.11 Å². The second-order valence-corrected chi connectivity index (χ2v) is 6.07. The van der Waals surface area contributed by atoms with E-state index in [1.807, 2.05) is 17.5 Å². The molecule has 1 unspecified atom stereocenters. The van der Waals surface area contributed by atoms with Crippen molar-refractivity contribution in [1.82, 2.24) is 10.3 Å². The molecule has 4 nitrogen and oxygen atoms in total. The summed E-state index contributed by atoms with van der Waals surface area (Å²) >= 11 is 3.09. The lowest BCUT2D eigenvalue weighted by Crippen LogP contribution is -2.25. The van der Waals surface area contributed by atoms with Gasteiger partial charge in [0.15, 0.2) is 0 Å². The minimum Gasteiger partial charge on any atom is -0.393 e. The highest BCUT2D eigenvalue weighted by atomic mass is 32.1. The Morgan fingerprint density at radius 3 is 3.05 bits per heavy atom. The molecular formula is C13H16N2O2S2. The van der Waals surface area contributed by atoms with E-state index in [2.05, 4.69) is 10.3 Å². The molecule has 0 aliphatic rings. The average molecular weight is 296 g/mol. The zero-order chi connectivity index (χ0) is 13.7. The van der Waals surface area contributed by atoms with Crippen molar-refractivity contribution in [2.45, 2.75) is 25.9 Å². The summed E-state index contributed by atoms with van der Waals surface area (Å²) in [5, 5.41) is 16.6. The Labute approximate surface area is 120 Å². The van der Waals surface area contributed by atoms with Crippen molar-refractivity contribution in [2.75, 3.05) is 6.54 Å². The first kappa shape index (κ1) is 14.2. The molecule has 0 saturated carbocycles. The molecular weight excluding hydrogens is 280 g/mol. The van der Waals surface area contributed by atoms with Gasteiger partial charge in [0.05, 0.1) is 11.0 Å². The average Bonchev–Trinajstić information content (AvgIpc) is 3.03. The van der Waals surface area contributed by atoms with Crippen LogP contribution in [0, 0.1) is 0 Å². The summed E-state index contributed by atoms with van der Waals surface area (Å²) in [6.07, 6.45) is 1.14. The first-order valence-corrected chi connectivity index (χ1v) is 7.88. The molecule has 102 valence electrons. The van der Waals surface area contributed by atoms with Crippen molar-refractivity contribution >= 4 is 28.6 Å². The molecule has 19 heavy (non-hydrogen) atoms. The summed E-state index contributed by atoms with van der Waals surface area (Å²) in [6, 6.07) is 3.96. The van der Waals surface area contributed by atoms with E-state index in [0.29, 0.717) is 18.7 Å². The molecule has 0 radical (unpaired) electrons. The molecule has 6 heteroatoms. The molecule has 2 heterocycles. The number of thiophene rings is 1. The van der Waals surface area contributed by atoms with E-state index in [9.17, 15) is 4.79 Å². The van der Waals surface area contributed by atoms with E-state index in [-0.39, 0.29) is 12.0 Å². The third-order valence-electron chi connectivity index (χ3n) is 2.55. The lowest BCUT2D eigenvalue weighted by Gasteiger charge is -2.04. The predicted octanol–water partition coefficient (Wildman–Crippen LogP) is 2.76. The zero-order valence-electron chi connectivity index (χ0n) is 10.6. The molecule has 0 spiro atoms. The highest BCUT2D eigenvalue weighted by molar-refractivity contribution is 7.20. The number of aliphatic hydroxyl groups is 1. The molecule has 1 atom stereocenters. The summed E-state index contributed by atoms with van der Waals surface area (Å²) in [4.78, 5) is 17.3. The van der Waals surface area contributed by atoms with Crippen molar-refractivity contribution in [3.8, 4) is 9.88 Å². The van der Waals surface area contributed by atoms with E-state index in [1.165, 1.54) is 11.3 Å². The number of nitrogens with zero attached hydrogens (tertiary/aromatic N) is 1. The number of carbonyl (C=O) groups is 1. The third-order valence-corrected chi connectivity index (χ3v) is 4.43. The minimum atomic E-state index is -0.318. The van der Waals surface area contributed by atoms with Gasteiger partial charge in [-0.1, -0.05) is 6.07 Å². The normalized spacial score (nSPS) is 12.3. The van der Waals surface area contributed by atoms with E-state index in [0.717, 1.165) is 16.3 Å². The Kier molecular flexibility index (Phi) is 5.07. The SMILES string of the molecule is CC(O)CCCNC(=O)c1csc(-c2cccs2)n1. The van der Waals surface area contributed by atoms with Crippen LogP contribution in [0.25, 0.3) is 9.88 Å². The fourth-order valence-electron chi connectivity index (χ4n) is 1.58. The second kappa shape index (κ2) is 6.79. The zero-order valence-corrected chi connectivity index (χ0v) is 12.3. The van der Waals surface area contributed by atoms with Crippen LogP contribution in [0.15, 0.2) is 22.9 Å². The molecule has 0 bridgehead atoms. The van der Waals surface area contributed by atoms with Crippen LogP contribution in [0.3, 0.4) is 0 Å². The molecule has 2 aromatic rings. The fourth-order valence-corrected chi connectivity index (χ4v) is 3.20. The molecule has 0 fully saturated rings. The highest BCUT2D eigenvalue weighted by Crippen LogP contribution is 2.27. The topological polar surface area (TPSA) is 62.2 Å². The van der Waals surface area contributed by atoms with E-state index < -0.39 is 0 Å². The van der Waals surface area contributed by atoms with Crippen molar-refractivity contribution in [2.24, 2.45) is 0 Å². The van der Waals surface area contributed by atoms with Gasteiger partial charge >= 0.3 is 0 Å². The summed E-state index contributed by atoms with van der Waals surface area (Å²) in [5.74, 6) is -0.148. The Morgan fingerprint density at radius 1 is 1.53 bits per heavy atom. The largest absolute Gasteiger partial charge is 0.393 e. The van der Waals surface area contributed by atoms with Crippen LogP contribution in [0.1, 0.15) is 30.3 Å². The van der Waals surface area contributed by atoms with Crippen LogP contribution in [0.2, 0.25) is 0 Å². The summed E-state index contributed by atoms with van der Waals surface area (Å²) < 4.78 is 0. The van der Waals surface area contributed by atoms with Crippen molar-refractivity contribution < 1.29 is 9.90 Å². The first-order valence-electron chi connectivity index (χ1n) is 6.12. The van der Waals surface area contributed by atoms with Crippen LogP contribution < -0.4 is 5.32 Å². The molecule has 1 amide bonds. The predicted molar refractivity (Wildman–Crippen MR) is 78.7 cm³/mol. The number of thiazole rings is 1. The maximum absolute atomic E-state index is 11.8. The van der Waals surface area contributed by atoms with Crippen LogP contribution in [0.5, 0.6) is 0 Å². The van der Waals surface area contributed by atoms with Crippen LogP contribution >= 0.6 is 22.7 Å². The molecule has 0 aliphatic heterocycles. The number of carbonyl (C=O) groups excluding carboxylic acids is 1. The molecule has 0 saturated heterocycles. The van der Waals surface area contributed by atoms with Gasteiger partial charge in [-0.05, 0) is 31.2 Å². The minimum absolute atomic E-state index is 0.148. The number of aliphatic hydroxyl groups excluding tert-OH is 1. The van der Waals surface area contributed by atoms with Gasteiger partial charge in [0, 0.05) is 11.9 Å². The van der Waals surface area contributed by atoms with Crippen molar-refractivity contribution in [1.29, 1.82) is 0 Å². The van der Waals surface area contributed by atoms with Gasteiger partial charge in [-0.2, -0.15) is 0 Å². The van der Waals surface area contributed by atoms with Crippen molar-refractivity contribution in [3.63, 3.8) is 0 Å². The molecule has 2 rings (SSSR count). The summed E-state index contributed by atoms with van der Waals surface area (Å²) in [7, 11) is 0. The number of hydrogen-bond acceptors (Lipinski definition) is 5. The lowest BCUT2D eigenvalue weighted by atomic mass is 10.2. The molecule has 2 aromatic heterocycles. The smallest absolute Gasteiger partial charge is 0.270 e. The summed E-state index contributed by atoms with van der Waals surface area (Å²) in [5.41, 5.74) is 0.463. The number of rotatable bonds is 6. The van der Waals surface area contributed by atoms with Gasteiger partial charge in [-0.25, -0.2) is 4.98 Å². The second-order valence-electron chi connectivity index (χ2n) is 4.26. The van der Waals surface area contributed by atoms with Gasteiger partial charge in [0.2, 0.25) is 0 Å². The Hall–Kier alpha value is -1.24. The van der Waals surface area contributed by atoms with Crippen molar-refractivity contribution in [3.05, 3.63) is 28.6 Å². The maximum Gasteiger partial charge on any atom is 0.270 e. The number of hydrogen-bond donors (Lipinski definition) is 2. The van der Waals surface area contributed by atoms with E-state index in [1.54, 1.807) is 23.6 Å². The quantitative estimate of drug-likeness (QED) is 0.806. The van der Waals surface area contributed by atoms with Gasteiger partial charge in [-0.15, -0.1) is 22.7 Å². The van der Waals surface area contributed by atoms with Gasteiger partial charge < -0.3 is 10.4 Å². The lowest BCUT2D eigenvalue weighted by molar-refractivity contribution is 0.0945. The van der Waals surface area contributed by atoms with Gasteiger partial charge in [-0.3, -0.25) is 4.79 Å². The molecule has 0 aromatic carbocycles. The number of nitrogens with one attached hydrogen (secondary N) is 1. The van der Waals surface area contributed by atoms with Gasteiger partial charge in [0.25, 0.3) is 5.91 Å². The number of aromatic nitrogens is 1. The third kappa shape index (κ3) is 4.12. The summed E-state index contributed by atoms with van der Waals surface area (Å²) in [6.45, 7) is 2.31. The standard InChI is InChI=1S/C13H16N2O2S2/c1-9(16)4-2-6-14-12(17)10-8-19-13(15-10)11-5-3-7-18-11/h3,5,7-9,16H,2,4,6H2,1H3,(H,14,17).